The van der Waals surface area contributed by atoms with Crippen LogP contribution in [0.5, 0.6) is 0 Å². The topological polar surface area (TPSA) is 12.0 Å². The standard InChI is InChI=1S/C14H11F3IN/c1-9-7-10(14(15,16)17)8-12(18)13(9)19-11-5-3-2-4-6-11/h2-8,19H,1H3. The van der Waals surface area contributed by atoms with Gasteiger partial charge in [-0.3, -0.25) is 0 Å². The van der Waals surface area contributed by atoms with E-state index >= 15 is 0 Å². The Morgan fingerprint density at radius 2 is 1.68 bits per heavy atom. The van der Waals surface area contributed by atoms with Crippen LogP contribution in [0, 0.1) is 10.5 Å². The van der Waals surface area contributed by atoms with Crippen LogP contribution in [-0.4, -0.2) is 0 Å². The molecule has 2 aromatic carbocycles. The van der Waals surface area contributed by atoms with Crippen LogP contribution in [0.3, 0.4) is 0 Å². The molecule has 0 saturated heterocycles. The number of hydrogen-bond acceptors (Lipinski definition) is 1. The van der Waals surface area contributed by atoms with Crippen molar-refractivity contribution in [1.82, 2.24) is 0 Å². The Morgan fingerprint density at radius 3 is 2.21 bits per heavy atom. The van der Waals surface area contributed by atoms with Gasteiger partial charge in [0.1, 0.15) is 0 Å². The summed E-state index contributed by atoms with van der Waals surface area (Å²) in [5.74, 6) is 0. The lowest BCUT2D eigenvalue weighted by molar-refractivity contribution is -0.137. The summed E-state index contributed by atoms with van der Waals surface area (Å²) in [6.45, 7) is 1.67. The zero-order chi connectivity index (χ0) is 14.0. The molecule has 1 N–H and O–H groups in total. The molecule has 0 aromatic heterocycles. The number of aryl methyl sites for hydroxylation is 1. The van der Waals surface area contributed by atoms with E-state index in [9.17, 15) is 13.2 Å². The SMILES string of the molecule is Cc1cc(C(F)(F)F)cc(I)c1Nc1ccccc1. The molecule has 0 aliphatic heterocycles. The summed E-state index contributed by atoms with van der Waals surface area (Å²) >= 11 is 1.92. The molecule has 2 rings (SSSR count). The summed E-state index contributed by atoms with van der Waals surface area (Å²) < 4.78 is 38.6. The second-order valence-electron chi connectivity index (χ2n) is 4.14. The fraction of sp³-hybridized carbons (Fsp3) is 0.143. The van der Waals surface area contributed by atoms with Crippen LogP contribution in [0.4, 0.5) is 24.5 Å². The van der Waals surface area contributed by atoms with Crippen molar-refractivity contribution in [1.29, 1.82) is 0 Å². The number of para-hydroxylation sites is 1. The van der Waals surface area contributed by atoms with Crippen LogP contribution >= 0.6 is 22.6 Å². The summed E-state index contributed by atoms with van der Waals surface area (Å²) in [7, 11) is 0. The summed E-state index contributed by atoms with van der Waals surface area (Å²) in [4.78, 5) is 0. The minimum atomic E-state index is -4.31. The van der Waals surface area contributed by atoms with E-state index in [4.69, 9.17) is 0 Å². The van der Waals surface area contributed by atoms with Gasteiger partial charge in [-0.2, -0.15) is 13.2 Å². The number of benzene rings is 2. The van der Waals surface area contributed by atoms with Crippen LogP contribution in [0.2, 0.25) is 0 Å². The van der Waals surface area contributed by atoms with E-state index in [2.05, 4.69) is 5.32 Å². The van der Waals surface area contributed by atoms with Gasteiger partial charge in [-0.05, 0) is 59.3 Å². The van der Waals surface area contributed by atoms with E-state index < -0.39 is 11.7 Å². The lowest BCUT2D eigenvalue weighted by atomic mass is 10.1. The second-order valence-corrected chi connectivity index (χ2v) is 5.30. The van der Waals surface area contributed by atoms with Gasteiger partial charge in [0.05, 0.1) is 11.3 Å². The van der Waals surface area contributed by atoms with Crippen LogP contribution in [0.1, 0.15) is 11.1 Å². The molecule has 0 amide bonds. The van der Waals surface area contributed by atoms with Crippen LogP contribution in [0.15, 0.2) is 42.5 Å². The number of alkyl halides is 3. The molecule has 0 fully saturated rings. The molecule has 1 nitrogen and oxygen atoms in total. The quantitative estimate of drug-likeness (QED) is 0.695. The van der Waals surface area contributed by atoms with E-state index in [-0.39, 0.29) is 0 Å². The second kappa shape index (κ2) is 5.40. The maximum Gasteiger partial charge on any atom is 0.416 e. The Balaban J connectivity index is 2.38. The van der Waals surface area contributed by atoms with Gasteiger partial charge in [-0.1, -0.05) is 18.2 Å². The van der Waals surface area contributed by atoms with Gasteiger partial charge in [0.25, 0.3) is 0 Å². The van der Waals surface area contributed by atoms with Crippen LogP contribution in [-0.2, 0) is 6.18 Å². The first kappa shape index (κ1) is 14.2. The number of nitrogens with one attached hydrogen (secondary N) is 1. The zero-order valence-electron chi connectivity index (χ0n) is 10.1. The molecule has 100 valence electrons. The number of halogens is 4. The van der Waals surface area contributed by atoms with Crippen LogP contribution in [0.25, 0.3) is 0 Å². The Kier molecular flexibility index (Phi) is 4.03. The van der Waals surface area contributed by atoms with Crippen molar-refractivity contribution in [2.24, 2.45) is 0 Å². The highest BCUT2D eigenvalue weighted by Crippen LogP contribution is 2.35. The van der Waals surface area contributed by atoms with Crippen LogP contribution < -0.4 is 5.32 Å². The zero-order valence-corrected chi connectivity index (χ0v) is 12.2. The van der Waals surface area contributed by atoms with E-state index in [0.29, 0.717) is 14.8 Å². The molecule has 0 spiro atoms. The molecule has 0 aliphatic rings. The number of anilines is 2. The fourth-order valence-electron chi connectivity index (χ4n) is 1.73. The third-order valence-electron chi connectivity index (χ3n) is 2.66. The molecule has 19 heavy (non-hydrogen) atoms. The molecule has 0 bridgehead atoms. The van der Waals surface area contributed by atoms with Crippen molar-refractivity contribution in [3.05, 3.63) is 57.2 Å². The molecule has 0 saturated carbocycles. The average molecular weight is 377 g/mol. The fourth-order valence-corrected chi connectivity index (χ4v) is 2.63. The molecular weight excluding hydrogens is 366 g/mol. The number of hydrogen-bond donors (Lipinski definition) is 1. The van der Waals surface area contributed by atoms with E-state index in [1.54, 1.807) is 6.92 Å². The molecule has 0 aliphatic carbocycles. The van der Waals surface area contributed by atoms with Gasteiger partial charge in [0.2, 0.25) is 0 Å². The molecule has 2 aromatic rings. The van der Waals surface area contributed by atoms with Crippen molar-refractivity contribution in [3.8, 4) is 0 Å². The molecule has 0 unspecified atom stereocenters. The van der Waals surface area contributed by atoms with Gasteiger partial charge >= 0.3 is 6.18 Å². The Morgan fingerprint density at radius 1 is 1.05 bits per heavy atom. The van der Waals surface area contributed by atoms with E-state index in [1.165, 1.54) is 0 Å². The van der Waals surface area contributed by atoms with Gasteiger partial charge < -0.3 is 5.32 Å². The van der Waals surface area contributed by atoms with E-state index in [0.717, 1.165) is 17.8 Å². The summed E-state index contributed by atoms with van der Waals surface area (Å²) in [5.41, 5.74) is 1.51. The maximum absolute atomic E-state index is 12.7. The Labute approximate surface area is 123 Å². The maximum atomic E-state index is 12.7. The van der Waals surface area contributed by atoms with Gasteiger partial charge in [-0.15, -0.1) is 0 Å². The predicted molar refractivity (Wildman–Crippen MR) is 78.6 cm³/mol. The number of rotatable bonds is 2. The highest BCUT2D eigenvalue weighted by atomic mass is 127. The van der Waals surface area contributed by atoms with Gasteiger partial charge in [0.15, 0.2) is 0 Å². The summed E-state index contributed by atoms with van der Waals surface area (Å²) in [6, 6.07) is 11.7. The molecular formula is C14H11F3IN. The monoisotopic (exact) mass is 377 g/mol. The van der Waals surface area contributed by atoms with Crippen molar-refractivity contribution in [2.75, 3.05) is 5.32 Å². The van der Waals surface area contributed by atoms with Gasteiger partial charge in [0, 0.05) is 9.26 Å². The third kappa shape index (κ3) is 3.40. The smallest absolute Gasteiger partial charge is 0.354 e. The lowest BCUT2D eigenvalue weighted by Crippen LogP contribution is -2.07. The Bertz CT molecular complexity index is 556. The summed E-state index contributed by atoms with van der Waals surface area (Å²) in [5, 5.41) is 3.14. The van der Waals surface area contributed by atoms with Gasteiger partial charge in [-0.25, -0.2) is 0 Å². The largest absolute Gasteiger partial charge is 0.416 e. The third-order valence-corrected chi connectivity index (χ3v) is 3.51. The lowest BCUT2D eigenvalue weighted by Gasteiger charge is -2.15. The highest BCUT2D eigenvalue weighted by molar-refractivity contribution is 14.1. The average Bonchev–Trinajstić information content (AvgIpc) is 2.33. The molecule has 0 heterocycles. The Hall–Kier alpha value is -1.24. The van der Waals surface area contributed by atoms with Crippen molar-refractivity contribution in [2.45, 2.75) is 13.1 Å². The van der Waals surface area contributed by atoms with E-state index in [1.807, 2.05) is 52.9 Å². The van der Waals surface area contributed by atoms with Crippen molar-refractivity contribution in [3.63, 3.8) is 0 Å². The normalized spacial score (nSPS) is 11.4. The van der Waals surface area contributed by atoms with Crippen molar-refractivity contribution >= 4 is 34.0 Å². The molecule has 5 heteroatoms. The van der Waals surface area contributed by atoms with Crippen molar-refractivity contribution < 1.29 is 13.2 Å². The highest BCUT2D eigenvalue weighted by Gasteiger charge is 2.31. The first-order chi connectivity index (χ1) is 8.88. The first-order valence-electron chi connectivity index (χ1n) is 5.57. The molecule has 0 atom stereocenters. The molecule has 0 radical (unpaired) electrons. The predicted octanol–water partition coefficient (Wildman–Crippen LogP) is 5.36. The first-order valence-corrected chi connectivity index (χ1v) is 6.65. The minimum absolute atomic E-state index is 0.550. The summed E-state index contributed by atoms with van der Waals surface area (Å²) in [6.07, 6.45) is -4.31. The minimum Gasteiger partial charge on any atom is -0.354 e.